The number of piperidine rings is 1. The maximum Gasteiger partial charge on any atom is 0.236 e. The second-order valence-electron chi connectivity index (χ2n) is 9.61. The number of guanidine groups is 1. The predicted octanol–water partition coefficient (Wildman–Crippen LogP) is 1.41. The number of amides is 1. The quantitative estimate of drug-likeness (QED) is 0.287. The number of morpholine rings is 1. The van der Waals surface area contributed by atoms with E-state index in [-0.39, 0.29) is 29.9 Å². The number of nitrogens with one attached hydrogen (secondary N) is 1. The van der Waals surface area contributed by atoms with Crippen LogP contribution in [0, 0.1) is 11.8 Å². The Hall–Kier alpha value is -0.650. The summed E-state index contributed by atoms with van der Waals surface area (Å²) in [6.07, 6.45) is 2.58. The number of nitrogens with zero attached hydrogens (tertiary/aromatic N) is 5. The molecule has 186 valence electrons. The third-order valence-electron chi connectivity index (χ3n) is 6.46. The fraction of sp³-hybridized carbons (Fsp3) is 0.913. The van der Waals surface area contributed by atoms with E-state index >= 15 is 0 Å². The second kappa shape index (κ2) is 14.6. The molecule has 0 spiro atoms. The summed E-state index contributed by atoms with van der Waals surface area (Å²) in [6, 6.07) is 0. The van der Waals surface area contributed by atoms with Gasteiger partial charge in [-0.15, -0.1) is 24.0 Å². The van der Waals surface area contributed by atoms with Gasteiger partial charge in [-0.2, -0.15) is 0 Å². The van der Waals surface area contributed by atoms with E-state index in [4.69, 9.17) is 9.73 Å². The third-order valence-corrected chi connectivity index (χ3v) is 6.46. The van der Waals surface area contributed by atoms with Crippen molar-refractivity contribution in [2.24, 2.45) is 16.8 Å². The van der Waals surface area contributed by atoms with E-state index in [2.05, 4.69) is 40.8 Å². The van der Waals surface area contributed by atoms with Gasteiger partial charge in [0.2, 0.25) is 5.91 Å². The Morgan fingerprint density at radius 1 is 1.03 bits per heavy atom. The number of aliphatic imine (C=N–C) groups is 1. The summed E-state index contributed by atoms with van der Waals surface area (Å²) in [7, 11) is 0. The number of likely N-dealkylation sites (tertiary alicyclic amines) is 1. The molecule has 3 fully saturated rings. The number of halogens is 1. The minimum absolute atomic E-state index is 0. The fourth-order valence-electron chi connectivity index (χ4n) is 4.85. The Balaban J connectivity index is 0.00000363. The van der Waals surface area contributed by atoms with Crippen molar-refractivity contribution in [3.8, 4) is 0 Å². The molecule has 3 aliphatic heterocycles. The van der Waals surface area contributed by atoms with E-state index < -0.39 is 0 Å². The molecule has 3 heterocycles. The molecule has 0 bridgehead atoms. The van der Waals surface area contributed by atoms with Crippen molar-refractivity contribution < 1.29 is 9.53 Å². The molecule has 1 N–H and O–H groups in total. The highest BCUT2D eigenvalue weighted by molar-refractivity contribution is 14.0. The van der Waals surface area contributed by atoms with Crippen LogP contribution in [0.25, 0.3) is 0 Å². The van der Waals surface area contributed by atoms with Gasteiger partial charge < -0.3 is 24.8 Å². The smallest absolute Gasteiger partial charge is 0.236 e. The summed E-state index contributed by atoms with van der Waals surface area (Å²) in [6.45, 7) is 19.1. The van der Waals surface area contributed by atoms with Crippen molar-refractivity contribution in [1.82, 2.24) is 24.9 Å². The van der Waals surface area contributed by atoms with Crippen LogP contribution in [0.4, 0.5) is 0 Å². The SMILES string of the molecule is CCNC(=NCC1CCCN(CC(C)C)C1)N1CCN(CC(=O)N2CCOCC2)CC1.I. The number of hydrogen-bond acceptors (Lipinski definition) is 5. The Bertz CT molecular complexity index is 577. The highest BCUT2D eigenvalue weighted by Crippen LogP contribution is 2.18. The monoisotopic (exact) mass is 564 g/mol. The maximum atomic E-state index is 12.5. The van der Waals surface area contributed by atoms with E-state index in [0.717, 1.165) is 64.2 Å². The molecule has 3 saturated heterocycles. The molecule has 3 aliphatic rings. The van der Waals surface area contributed by atoms with E-state index in [1.54, 1.807) is 0 Å². The zero-order chi connectivity index (χ0) is 22.1. The molecule has 1 amide bonds. The minimum atomic E-state index is 0. The van der Waals surface area contributed by atoms with Crippen molar-refractivity contribution in [2.45, 2.75) is 33.6 Å². The summed E-state index contributed by atoms with van der Waals surface area (Å²) in [5.74, 6) is 2.67. The molecule has 1 atom stereocenters. The van der Waals surface area contributed by atoms with Crippen LogP contribution in [0.3, 0.4) is 0 Å². The second-order valence-corrected chi connectivity index (χ2v) is 9.61. The number of carbonyl (C=O) groups is 1. The van der Waals surface area contributed by atoms with Gasteiger partial charge in [-0.25, -0.2) is 0 Å². The van der Waals surface area contributed by atoms with Crippen LogP contribution in [0.5, 0.6) is 0 Å². The highest BCUT2D eigenvalue weighted by Gasteiger charge is 2.25. The Labute approximate surface area is 212 Å². The van der Waals surface area contributed by atoms with Crippen molar-refractivity contribution >= 4 is 35.8 Å². The van der Waals surface area contributed by atoms with Gasteiger partial charge in [0.15, 0.2) is 5.96 Å². The first kappa shape index (κ1) is 27.6. The molecule has 1 unspecified atom stereocenters. The third kappa shape index (κ3) is 8.95. The molecule has 0 aromatic carbocycles. The van der Waals surface area contributed by atoms with E-state index in [1.165, 1.54) is 32.5 Å². The van der Waals surface area contributed by atoms with Gasteiger partial charge in [0.25, 0.3) is 0 Å². The first-order valence-corrected chi connectivity index (χ1v) is 12.4. The summed E-state index contributed by atoms with van der Waals surface area (Å²) in [5, 5.41) is 3.50. The number of ether oxygens (including phenoxy) is 1. The zero-order valence-corrected chi connectivity index (χ0v) is 22.8. The van der Waals surface area contributed by atoms with Crippen LogP contribution in [-0.4, -0.2) is 123 Å². The van der Waals surface area contributed by atoms with Crippen LogP contribution >= 0.6 is 24.0 Å². The minimum Gasteiger partial charge on any atom is -0.378 e. The molecule has 9 heteroatoms. The lowest BCUT2D eigenvalue weighted by Gasteiger charge is -2.38. The van der Waals surface area contributed by atoms with E-state index in [1.807, 2.05) is 4.90 Å². The summed E-state index contributed by atoms with van der Waals surface area (Å²) in [4.78, 5) is 26.8. The number of piperazine rings is 1. The van der Waals surface area contributed by atoms with Crippen molar-refractivity contribution in [1.29, 1.82) is 0 Å². The molecule has 0 radical (unpaired) electrons. The topological polar surface area (TPSA) is 63.7 Å². The highest BCUT2D eigenvalue weighted by atomic mass is 127. The number of carbonyl (C=O) groups excluding carboxylic acids is 1. The average Bonchev–Trinajstić information content (AvgIpc) is 2.77. The van der Waals surface area contributed by atoms with Crippen LogP contribution < -0.4 is 5.32 Å². The first-order valence-electron chi connectivity index (χ1n) is 12.4. The fourth-order valence-corrected chi connectivity index (χ4v) is 4.85. The summed E-state index contributed by atoms with van der Waals surface area (Å²) in [5.41, 5.74) is 0. The summed E-state index contributed by atoms with van der Waals surface area (Å²) >= 11 is 0. The number of hydrogen-bond donors (Lipinski definition) is 1. The Kier molecular flexibility index (Phi) is 12.6. The molecule has 0 saturated carbocycles. The van der Waals surface area contributed by atoms with Crippen LogP contribution in [0.15, 0.2) is 4.99 Å². The van der Waals surface area contributed by atoms with Gasteiger partial charge in [0.1, 0.15) is 0 Å². The first-order chi connectivity index (χ1) is 15.0. The number of rotatable bonds is 7. The molecule has 8 nitrogen and oxygen atoms in total. The maximum absolute atomic E-state index is 12.5. The summed E-state index contributed by atoms with van der Waals surface area (Å²) < 4.78 is 5.36. The molecular weight excluding hydrogens is 519 g/mol. The van der Waals surface area contributed by atoms with Crippen LogP contribution in [0.1, 0.15) is 33.6 Å². The Morgan fingerprint density at radius 3 is 2.41 bits per heavy atom. The largest absolute Gasteiger partial charge is 0.378 e. The molecular formula is C23H45IN6O2. The van der Waals surface area contributed by atoms with Gasteiger partial charge in [0, 0.05) is 65.4 Å². The standard InChI is InChI=1S/C23H44N6O2.HI/c1-4-24-23(25-16-21-6-5-7-27(18-21)17-20(2)3)29-10-8-26(9-11-29)19-22(30)28-12-14-31-15-13-28;/h20-21H,4-19H2,1-3H3,(H,24,25);1H. The van der Waals surface area contributed by atoms with Crippen LogP contribution in [-0.2, 0) is 9.53 Å². The van der Waals surface area contributed by atoms with E-state index in [9.17, 15) is 4.79 Å². The van der Waals surface area contributed by atoms with Crippen LogP contribution in [0.2, 0.25) is 0 Å². The lowest BCUT2D eigenvalue weighted by Crippen LogP contribution is -2.55. The molecule has 3 rings (SSSR count). The van der Waals surface area contributed by atoms with Gasteiger partial charge >= 0.3 is 0 Å². The van der Waals surface area contributed by atoms with Crippen molar-refractivity contribution in [3.63, 3.8) is 0 Å². The zero-order valence-electron chi connectivity index (χ0n) is 20.4. The molecule has 0 aromatic heterocycles. The molecule has 0 aliphatic carbocycles. The van der Waals surface area contributed by atoms with Crippen molar-refractivity contribution in [2.75, 3.05) is 91.8 Å². The van der Waals surface area contributed by atoms with E-state index in [0.29, 0.717) is 25.7 Å². The van der Waals surface area contributed by atoms with Gasteiger partial charge in [-0.1, -0.05) is 13.8 Å². The van der Waals surface area contributed by atoms with Gasteiger partial charge in [-0.3, -0.25) is 14.7 Å². The Morgan fingerprint density at radius 2 is 1.75 bits per heavy atom. The lowest BCUT2D eigenvalue weighted by molar-refractivity contribution is -0.136. The van der Waals surface area contributed by atoms with Crippen molar-refractivity contribution in [3.05, 3.63) is 0 Å². The average molecular weight is 565 g/mol. The van der Waals surface area contributed by atoms with Gasteiger partial charge in [-0.05, 0) is 38.1 Å². The molecule has 0 aromatic rings. The van der Waals surface area contributed by atoms with Gasteiger partial charge in [0.05, 0.1) is 19.8 Å². The normalized spacial score (nSPS) is 23.9. The predicted molar refractivity (Wildman–Crippen MR) is 141 cm³/mol. The lowest BCUT2D eigenvalue weighted by atomic mass is 9.97. The molecule has 32 heavy (non-hydrogen) atoms.